The van der Waals surface area contributed by atoms with Crippen LogP contribution in [0.2, 0.25) is 0 Å². The van der Waals surface area contributed by atoms with E-state index in [1.54, 1.807) is 0 Å². The number of unbranched alkanes of at least 4 members (excludes halogenated alkanes) is 1. The van der Waals surface area contributed by atoms with Crippen molar-refractivity contribution in [3.05, 3.63) is 29.3 Å². The molecule has 18 heavy (non-hydrogen) atoms. The van der Waals surface area contributed by atoms with Gasteiger partial charge < -0.3 is 10.6 Å². The summed E-state index contributed by atoms with van der Waals surface area (Å²) in [7, 11) is 0. The van der Waals surface area contributed by atoms with Gasteiger partial charge in [-0.25, -0.2) is 0 Å². The Kier molecular flexibility index (Phi) is 5.36. The van der Waals surface area contributed by atoms with Crippen LogP contribution in [0.1, 0.15) is 30.9 Å². The molecule has 4 heteroatoms. The first-order chi connectivity index (χ1) is 8.52. The molecule has 0 spiro atoms. The second-order valence-electron chi connectivity index (χ2n) is 4.44. The van der Waals surface area contributed by atoms with Crippen molar-refractivity contribution in [2.75, 3.05) is 11.9 Å². The van der Waals surface area contributed by atoms with Crippen molar-refractivity contribution in [2.24, 2.45) is 0 Å². The van der Waals surface area contributed by atoms with Gasteiger partial charge in [0, 0.05) is 12.2 Å². The molecule has 0 radical (unpaired) electrons. The molecule has 0 unspecified atom stereocenters. The van der Waals surface area contributed by atoms with E-state index in [9.17, 15) is 9.59 Å². The van der Waals surface area contributed by atoms with E-state index in [2.05, 4.69) is 10.6 Å². The summed E-state index contributed by atoms with van der Waals surface area (Å²) in [5.74, 6) is -1.20. The van der Waals surface area contributed by atoms with Crippen LogP contribution in [0.25, 0.3) is 0 Å². The molecule has 0 atom stereocenters. The molecule has 0 fully saturated rings. The Bertz CT molecular complexity index is 421. The van der Waals surface area contributed by atoms with Gasteiger partial charge in [0.05, 0.1) is 0 Å². The molecule has 2 N–H and O–H groups in total. The predicted octanol–water partition coefficient (Wildman–Crippen LogP) is 2.16. The van der Waals surface area contributed by atoms with Gasteiger partial charge in [0.1, 0.15) is 0 Å². The summed E-state index contributed by atoms with van der Waals surface area (Å²) in [6.45, 7) is 6.46. The third-order valence-corrected chi connectivity index (χ3v) is 2.50. The minimum Gasteiger partial charge on any atom is -0.348 e. The topological polar surface area (TPSA) is 58.2 Å². The van der Waals surface area contributed by atoms with Gasteiger partial charge in [-0.2, -0.15) is 0 Å². The monoisotopic (exact) mass is 248 g/mol. The number of anilines is 1. The molecule has 0 saturated heterocycles. The van der Waals surface area contributed by atoms with Crippen molar-refractivity contribution in [3.63, 3.8) is 0 Å². The molecule has 0 aromatic heterocycles. The van der Waals surface area contributed by atoms with Crippen molar-refractivity contribution >= 4 is 17.5 Å². The molecular formula is C14H20N2O2. The largest absolute Gasteiger partial charge is 0.348 e. The van der Waals surface area contributed by atoms with Gasteiger partial charge in [0.25, 0.3) is 0 Å². The zero-order chi connectivity index (χ0) is 13.5. The minimum absolute atomic E-state index is 0.537. The Balaban J connectivity index is 2.55. The highest BCUT2D eigenvalue weighted by Crippen LogP contribution is 2.13. The molecule has 4 nitrogen and oxygen atoms in total. The van der Waals surface area contributed by atoms with Crippen LogP contribution in [0.4, 0.5) is 5.69 Å². The van der Waals surface area contributed by atoms with E-state index in [1.807, 2.05) is 39.0 Å². The van der Waals surface area contributed by atoms with Gasteiger partial charge in [0.2, 0.25) is 0 Å². The summed E-state index contributed by atoms with van der Waals surface area (Å²) >= 11 is 0. The number of nitrogens with one attached hydrogen (secondary N) is 2. The molecule has 98 valence electrons. The maximum Gasteiger partial charge on any atom is 0.313 e. The number of hydrogen-bond acceptors (Lipinski definition) is 2. The van der Waals surface area contributed by atoms with Gasteiger partial charge in [0.15, 0.2) is 0 Å². The van der Waals surface area contributed by atoms with Gasteiger partial charge in [-0.3, -0.25) is 9.59 Å². The molecule has 0 aliphatic carbocycles. The molecule has 1 aromatic rings. The van der Waals surface area contributed by atoms with Crippen molar-refractivity contribution in [1.29, 1.82) is 0 Å². The number of carbonyl (C=O) groups excluding carboxylic acids is 2. The van der Waals surface area contributed by atoms with Crippen LogP contribution >= 0.6 is 0 Å². The highest BCUT2D eigenvalue weighted by atomic mass is 16.2. The first-order valence-electron chi connectivity index (χ1n) is 6.20. The fourth-order valence-corrected chi connectivity index (χ4v) is 1.69. The van der Waals surface area contributed by atoms with E-state index < -0.39 is 11.8 Å². The van der Waals surface area contributed by atoms with Gasteiger partial charge in [-0.1, -0.05) is 19.4 Å². The van der Waals surface area contributed by atoms with Gasteiger partial charge in [-0.05, 0) is 43.5 Å². The lowest BCUT2D eigenvalue weighted by Crippen LogP contribution is -2.35. The summed E-state index contributed by atoms with van der Waals surface area (Å²) in [5.41, 5.74) is 2.76. The maximum absolute atomic E-state index is 11.6. The molecule has 0 bridgehead atoms. The predicted molar refractivity (Wildman–Crippen MR) is 72.5 cm³/mol. The summed E-state index contributed by atoms with van der Waals surface area (Å²) in [6.07, 6.45) is 1.86. The molecule has 0 aliphatic rings. The van der Waals surface area contributed by atoms with Crippen LogP contribution in [0.15, 0.2) is 18.2 Å². The summed E-state index contributed by atoms with van der Waals surface area (Å²) in [5, 5.41) is 5.18. The second-order valence-corrected chi connectivity index (χ2v) is 4.44. The Labute approximate surface area is 108 Å². The SMILES string of the molecule is CCCCNC(=O)C(=O)Nc1cc(C)cc(C)c1. The fourth-order valence-electron chi connectivity index (χ4n) is 1.69. The summed E-state index contributed by atoms with van der Waals surface area (Å²) < 4.78 is 0. The standard InChI is InChI=1S/C14H20N2O2/c1-4-5-6-15-13(17)14(18)16-12-8-10(2)7-11(3)9-12/h7-9H,4-6H2,1-3H3,(H,15,17)(H,16,18). The van der Waals surface area contributed by atoms with Crippen molar-refractivity contribution in [1.82, 2.24) is 5.32 Å². The van der Waals surface area contributed by atoms with Crippen LogP contribution < -0.4 is 10.6 Å². The summed E-state index contributed by atoms with van der Waals surface area (Å²) in [6, 6.07) is 5.69. The van der Waals surface area contributed by atoms with E-state index >= 15 is 0 Å². The fraction of sp³-hybridized carbons (Fsp3) is 0.429. The number of hydrogen-bond donors (Lipinski definition) is 2. The van der Waals surface area contributed by atoms with Gasteiger partial charge >= 0.3 is 11.8 Å². The summed E-state index contributed by atoms with van der Waals surface area (Å²) in [4.78, 5) is 23.1. The highest BCUT2D eigenvalue weighted by Gasteiger charge is 2.12. The lowest BCUT2D eigenvalue weighted by molar-refractivity contribution is -0.136. The number of amides is 2. The van der Waals surface area contributed by atoms with Crippen LogP contribution in [0.5, 0.6) is 0 Å². The number of benzene rings is 1. The van der Waals surface area contributed by atoms with Crippen LogP contribution in [0.3, 0.4) is 0 Å². The number of rotatable bonds is 4. The smallest absolute Gasteiger partial charge is 0.313 e. The Morgan fingerprint density at radius 2 is 1.67 bits per heavy atom. The normalized spacial score (nSPS) is 9.94. The molecule has 0 heterocycles. The van der Waals surface area contributed by atoms with E-state index in [1.165, 1.54) is 0 Å². The molecular weight excluding hydrogens is 228 g/mol. The maximum atomic E-state index is 11.6. The molecule has 1 aromatic carbocycles. The van der Waals surface area contributed by atoms with E-state index in [-0.39, 0.29) is 0 Å². The van der Waals surface area contributed by atoms with E-state index in [0.717, 1.165) is 24.0 Å². The van der Waals surface area contributed by atoms with E-state index in [0.29, 0.717) is 12.2 Å². The molecule has 2 amide bonds. The van der Waals surface area contributed by atoms with Crippen molar-refractivity contribution < 1.29 is 9.59 Å². The lowest BCUT2D eigenvalue weighted by atomic mass is 10.1. The number of aryl methyl sites for hydroxylation is 2. The first kappa shape index (κ1) is 14.2. The molecule has 0 aliphatic heterocycles. The third-order valence-electron chi connectivity index (χ3n) is 2.50. The second kappa shape index (κ2) is 6.79. The highest BCUT2D eigenvalue weighted by molar-refractivity contribution is 6.39. The lowest BCUT2D eigenvalue weighted by Gasteiger charge is -2.07. The van der Waals surface area contributed by atoms with Crippen molar-refractivity contribution in [3.8, 4) is 0 Å². The first-order valence-corrected chi connectivity index (χ1v) is 6.20. The average Bonchev–Trinajstić information content (AvgIpc) is 2.27. The van der Waals surface area contributed by atoms with Crippen molar-refractivity contribution in [2.45, 2.75) is 33.6 Å². The Morgan fingerprint density at radius 3 is 2.22 bits per heavy atom. The Hall–Kier alpha value is -1.84. The average molecular weight is 248 g/mol. The van der Waals surface area contributed by atoms with Crippen LogP contribution in [0, 0.1) is 13.8 Å². The van der Waals surface area contributed by atoms with Crippen LogP contribution in [-0.2, 0) is 9.59 Å². The molecule has 1 rings (SSSR count). The quantitative estimate of drug-likeness (QED) is 0.633. The van der Waals surface area contributed by atoms with Crippen LogP contribution in [-0.4, -0.2) is 18.4 Å². The zero-order valence-electron chi connectivity index (χ0n) is 11.2. The zero-order valence-corrected chi connectivity index (χ0v) is 11.2. The van der Waals surface area contributed by atoms with E-state index in [4.69, 9.17) is 0 Å². The number of carbonyl (C=O) groups is 2. The van der Waals surface area contributed by atoms with Gasteiger partial charge in [-0.15, -0.1) is 0 Å². The Morgan fingerprint density at radius 1 is 1.06 bits per heavy atom. The third kappa shape index (κ3) is 4.57. The minimum atomic E-state index is -0.615. The molecule has 0 saturated carbocycles.